The Morgan fingerprint density at radius 1 is 1.21 bits per heavy atom. The lowest BCUT2D eigenvalue weighted by molar-refractivity contribution is -0.123. The number of carbonyl (C=O) groups is 2. The van der Waals surface area contributed by atoms with Crippen molar-refractivity contribution in [3.05, 3.63) is 54.1 Å². The van der Waals surface area contributed by atoms with Crippen LogP contribution in [0, 0.1) is 0 Å². The molecule has 0 radical (unpaired) electrons. The highest BCUT2D eigenvalue weighted by Gasteiger charge is 2.30. The minimum Gasteiger partial charge on any atom is -0.508 e. The minimum absolute atomic E-state index is 0.0479. The Kier molecular flexibility index (Phi) is 6.50. The van der Waals surface area contributed by atoms with Crippen molar-refractivity contribution in [2.75, 3.05) is 12.4 Å². The van der Waals surface area contributed by atoms with E-state index in [1.54, 1.807) is 62.6 Å². The van der Waals surface area contributed by atoms with Gasteiger partial charge in [0, 0.05) is 12.1 Å². The summed E-state index contributed by atoms with van der Waals surface area (Å²) >= 11 is 1.14. The largest absolute Gasteiger partial charge is 0.508 e. The summed E-state index contributed by atoms with van der Waals surface area (Å²) in [6.45, 7) is 1.76. The van der Waals surface area contributed by atoms with Crippen molar-refractivity contribution in [1.82, 2.24) is 5.32 Å². The summed E-state index contributed by atoms with van der Waals surface area (Å²) < 4.78 is 5.09. The number of amides is 2. The summed E-state index contributed by atoms with van der Waals surface area (Å²) in [6, 6.07) is 13.5. The predicted octanol–water partition coefficient (Wildman–Crippen LogP) is 2.74. The molecule has 1 unspecified atom stereocenters. The van der Waals surface area contributed by atoms with Crippen molar-refractivity contribution >= 4 is 40.1 Å². The van der Waals surface area contributed by atoms with Gasteiger partial charge in [0.1, 0.15) is 16.7 Å². The molecule has 2 amide bonds. The Labute approximate surface area is 172 Å². The summed E-state index contributed by atoms with van der Waals surface area (Å²) in [5.41, 5.74) is 2.01. The highest BCUT2D eigenvalue weighted by atomic mass is 32.2. The third-order valence-corrected chi connectivity index (χ3v) is 5.17. The highest BCUT2D eigenvalue weighted by molar-refractivity contribution is 8.15. The zero-order valence-corrected chi connectivity index (χ0v) is 16.7. The number of ether oxygens (including phenoxy) is 1. The number of hydrogen-bond donors (Lipinski definition) is 3. The number of nitrogens with one attached hydrogen (secondary N) is 2. The lowest BCUT2D eigenvalue weighted by Gasteiger charge is -2.21. The number of nitrogens with zero attached hydrogens (tertiary/aromatic N) is 2. The van der Waals surface area contributed by atoms with E-state index in [1.807, 2.05) is 0 Å². The van der Waals surface area contributed by atoms with Crippen LogP contribution in [0.15, 0.2) is 58.7 Å². The molecular weight excluding hydrogens is 392 g/mol. The summed E-state index contributed by atoms with van der Waals surface area (Å²) in [4.78, 5) is 24.5. The Morgan fingerprint density at radius 3 is 2.55 bits per heavy atom. The van der Waals surface area contributed by atoms with E-state index < -0.39 is 5.25 Å². The van der Waals surface area contributed by atoms with Crippen LogP contribution in [-0.4, -0.2) is 40.2 Å². The molecule has 1 aliphatic heterocycles. The van der Waals surface area contributed by atoms with Gasteiger partial charge in [-0.05, 0) is 61.0 Å². The van der Waals surface area contributed by atoms with E-state index >= 15 is 0 Å². The molecule has 150 valence electrons. The van der Waals surface area contributed by atoms with Crippen LogP contribution >= 0.6 is 11.8 Å². The Hall–Kier alpha value is -3.33. The lowest BCUT2D eigenvalue weighted by Crippen LogP contribution is -2.41. The Morgan fingerprint density at radius 2 is 1.90 bits per heavy atom. The van der Waals surface area contributed by atoms with Gasteiger partial charge in [0.05, 0.1) is 12.8 Å². The zero-order valence-electron chi connectivity index (χ0n) is 15.9. The second kappa shape index (κ2) is 9.24. The third kappa shape index (κ3) is 5.58. The molecule has 1 fully saturated rings. The first-order chi connectivity index (χ1) is 13.9. The van der Waals surface area contributed by atoms with Crippen molar-refractivity contribution in [1.29, 1.82) is 0 Å². The van der Waals surface area contributed by atoms with Crippen molar-refractivity contribution in [3.63, 3.8) is 0 Å². The van der Waals surface area contributed by atoms with Crippen molar-refractivity contribution in [2.45, 2.75) is 18.6 Å². The summed E-state index contributed by atoms with van der Waals surface area (Å²) in [5, 5.41) is 22.6. The van der Waals surface area contributed by atoms with Crippen LogP contribution < -0.4 is 15.4 Å². The van der Waals surface area contributed by atoms with Gasteiger partial charge in [0.2, 0.25) is 11.8 Å². The maximum Gasteiger partial charge on any atom is 0.238 e. The highest BCUT2D eigenvalue weighted by Crippen LogP contribution is 2.23. The molecule has 29 heavy (non-hydrogen) atoms. The van der Waals surface area contributed by atoms with Gasteiger partial charge in [0.25, 0.3) is 0 Å². The van der Waals surface area contributed by atoms with Crippen LogP contribution in [0.2, 0.25) is 0 Å². The summed E-state index contributed by atoms with van der Waals surface area (Å²) in [7, 11) is 1.57. The molecule has 0 saturated carbocycles. The maximum atomic E-state index is 12.5. The zero-order chi connectivity index (χ0) is 20.8. The van der Waals surface area contributed by atoms with Gasteiger partial charge in [-0.2, -0.15) is 5.10 Å². The maximum absolute atomic E-state index is 12.5. The number of phenolic OH excluding ortho intramolecular Hbond substituents is 1. The Bertz CT molecular complexity index is 955. The van der Waals surface area contributed by atoms with Crippen LogP contribution in [0.1, 0.15) is 18.9 Å². The standard InChI is InChI=1S/C20H20N4O4S/c1-12(13-3-7-15(25)8-4-13)23-24-20-22-18(26)11-17(29-20)19(27)21-14-5-9-16(28-2)10-6-14/h3-10,17,25H,11H2,1-2H3,(H,21,27)(H,22,24,26). The van der Waals surface area contributed by atoms with Crippen LogP contribution in [0.4, 0.5) is 5.69 Å². The van der Waals surface area contributed by atoms with Gasteiger partial charge in [-0.1, -0.05) is 11.8 Å². The molecular formula is C20H20N4O4S. The molecule has 3 rings (SSSR count). The number of thioether (sulfide) groups is 1. The topological polar surface area (TPSA) is 112 Å². The summed E-state index contributed by atoms with van der Waals surface area (Å²) in [5.74, 6) is 0.260. The molecule has 0 aromatic heterocycles. The van der Waals surface area contributed by atoms with Gasteiger partial charge < -0.3 is 20.5 Å². The number of methoxy groups -OCH3 is 1. The minimum atomic E-state index is -0.617. The molecule has 2 aromatic carbocycles. The fraction of sp³-hybridized carbons (Fsp3) is 0.200. The van der Waals surface area contributed by atoms with Crippen molar-refractivity contribution < 1.29 is 19.4 Å². The molecule has 0 spiro atoms. The van der Waals surface area contributed by atoms with Gasteiger partial charge in [-0.15, -0.1) is 5.10 Å². The predicted molar refractivity (Wildman–Crippen MR) is 114 cm³/mol. The molecule has 3 N–H and O–H groups in total. The van der Waals surface area contributed by atoms with Crippen molar-refractivity contribution in [2.24, 2.45) is 10.2 Å². The van der Waals surface area contributed by atoms with Crippen LogP contribution in [0.25, 0.3) is 0 Å². The SMILES string of the molecule is COc1ccc(NC(=O)C2CC(=O)NC(=NN=C(C)c3ccc(O)cc3)S2)cc1. The molecule has 2 aromatic rings. The van der Waals surface area contributed by atoms with Gasteiger partial charge in [-0.3, -0.25) is 9.59 Å². The van der Waals surface area contributed by atoms with Gasteiger partial charge in [-0.25, -0.2) is 0 Å². The molecule has 0 bridgehead atoms. The van der Waals surface area contributed by atoms with E-state index in [0.717, 1.165) is 17.3 Å². The number of hydrogen-bond acceptors (Lipinski definition) is 7. The molecule has 9 heteroatoms. The van der Waals surface area contributed by atoms with E-state index in [2.05, 4.69) is 20.8 Å². The fourth-order valence-electron chi connectivity index (χ4n) is 2.52. The number of anilines is 1. The second-order valence-corrected chi connectivity index (χ2v) is 7.41. The number of carbonyl (C=O) groups excluding carboxylic acids is 2. The van der Waals surface area contributed by atoms with Crippen LogP contribution in [0.3, 0.4) is 0 Å². The first kappa shape index (κ1) is 20.4. The molecule has 1 aliphatic rings. The first-order valence-corrected chi connectivity index (χ1v) is 9.65. The third-order valence-electron chi connectivity index (χ3n) is 4.10. The van der Waals surface area contributed by atoms with Crippen LogP contribution in [-0.2, 0) is 9.59 Å². The lowest BCUT2D eigenvalue weighted by atomic mass is 10.1. The normalized spacial score (nSPS) is 18.3. The number of benzene rings is 2. The molecule has 0 aliphatic carbocycles. The Balaban J connectivity index is 1.67. The van der Waals surface area contributed by atoms with E-state index in [4.69, 9.17) is 4.74 Å². The fourth-order valence-corrected chi connectivity index (χ4v) is 3.45. The average Bonchev–Trinajstić information content (AvgIpc) is 2.72. The second-order valence-electron chi connectivity index (χ2n) is 6.21. The summed E-state index contributed by atoms with van der Waals surface area (Å²) in [6.07, 6.45) is 0.0479. The number of amidine groups is 1. The molecule has 1 heterocycles. The monoisotopic (exact) mass is 412 g/mol. The average molecular weight is 412 g/mol. The smallest absolute Gasteiger partial charge is 0.238 e. The van der Waals surface area contributed by atoms with Gasteiger partial charge >= 0.3 is 0 Å². The quantitative estimate of drug-likeness (QED) is 0.516. The number of aromatic hydroxyl groups is 1. The van der Waals surface area contributed by atoms with E-state index in [1.165, 1.54) is 0 Å². The number of phenols is 1. The van der Waals surface area contributed by atoms with Gasteiger partial charge in [0.15, 0.2) is 5.17 Å². The van der Waals surface area contributed by atoms with E-state index in [9.17, 15) is 14.7 Å². The van der Waals surface area contributed by atoms with Crippen LogP contribution in [0.5, 0.6) is 11.5 Å². The van der Waals surface area contributed by atoms with E-state index in [-0.39, 0.29) is 29.2 Å². The van der Waals surface area contributed by atoms with Crippen molar-refractivity contribution in [3.8, 4) is 11.5 Å². The molecule has 1 atom stereocenters. The first-order valence-electron chi connectivity index (χ1n) is 8.77. The van der Waals surface area contributed by atoms with E-state index in [0.29, 0.717) is 17.1 Å². The molecule has 8 nitrogen and oxygen atoms in total. The molecule has 1 saturated heterocycles. The number of rotatable bonds is 5.